The first kappa shape index (κ1) is 19.7. The van der Waals surface area contributed by atoms with Gasteiger partial charge in [-0.1, -0.05) is 29.3 Å². The van der Waals surface area contributed by atoms with Gasteiger partial charge in [-0.05, 0) is 43.5 Å². The van der Waals surface area contributed by atoms with Gasteiger partial charge >= 0.3 is 0 Å². The Balaban J connectivity index is 1.52. The van der Waals surface area contributed by atoms with E-state index in [1.807, 2.05) is 23.7 Å². The highest BCUT2D eigenvalue weighted by Gasteiger charge is 2.20. The molecule has 2 aromatic heterocycles. The molecule has 0 bridgehead atoms. The molecule has 9 heteroatoms. The number of rotatable bonds is 5. The maximum Gasteiger partial charge on any atom is 0.285 e. The minimum atomic E-state index is -0.378. The first-order valence-corrected chi connectivity index (χ1v) is 10.6. The number of carbonyl (C=O) groups excluding carboxylic acids is 1. The van der Waals surface area contributed by atoms with Gasteiger partial charge in [-0.2, -0.15) is 5.10 Å². The lowest BCUT2D eigenvalue weighted by molar-refractivity contribution is -0.186. The van der Waals surface area contributed by atoms with Crippen LogP contribution < -0.4 is 5.48 Å². The number of benzene rings is 1. The number of fused-ring (bicyclic) bond motifs is 1. The molecular weight excluding hydrogens is 421 g/mol. The maximum absolute atomic E-state index is 12.5. The van der Waals surface area contributed by atoms with Crippen molar-refractivity contribution in [2.45, 2.75) is 39.0 Å². The van der Waals surface area contributed by atoms with Crippen LogP contribution in [0.2, 0.25) is 10.0 Å². The van der Waals surface area contributed by atoms with Crippen LogP contribution in [0.4, 0.5) is 0 Å². The third-order valence-corrected chi connectivity index (χ3v) is 6.32. The summed E-state index contributed by atoms with van der Waals surface area (Å²) < 4.78 is 7.32. The average Bonchev–Trinajstić information content (AvgIpc) is 3.24. The molecule has 3 aromatic rings. The van der Waals surface area contributed by atoms with Crippen molar-refractivity contribution in [3.05, 3.63) is 50.4 Å². The Morgan fingerprint density at radius 3 is 3.00 bits per heavy atom. The molecule has 1 atom stereocenters. The highest BCUT2D eigenvalue weighted by atomic mass is 35.5. The molecule has 1 aliphatic heterocycles. The number of halogens is 2. The Hall–Kier alpha value is -1.64. The standard InChI is InChI=1S/C19H19Cl2N3O3S/c1-11-14-9-16(18(25)23-27-17-4-2-3-7-26-17)28-19(14)24(22-11)10-12-5-6-13(20)8-15(12)21/h5-6,8-9,17H,2-4,7,10H2,1H3,(H,23,25). The highest BCUT2D eigenvalue weighted by molar-refractivity contribution is 7.20. The van der Waals surface area contributed by atoms with E-state index >= 15 is 0 Å². The number of aryl methyl sites for hydroxylation is 1. The van der Waals surface area contributed by atoms with E-state index < -0.39 is 0 Å². The summed E-state index contributed by atoms with van der Waals surface area (Å²) in [5.74, 6) is -0.286. The number of nitrogens with one attached hydrogen (secondary N) is 1. The molecule has 1 aromatic carbocycles. The van der Waals surface area contributed by atoms with Gasteiger partial charge in [-0.25, -0.2) is 10.3 Å². The van der Waals surface area contributed by atoms with Crippen LogP contribution in [0.3, 0.4) is 0 Å². The molecule has 1 unspecified atom stereocenters. The van der Waals surface area contributed by atoms with Crippen molar-refractivity contribution in [1.82, 2.24) is 15.3 Å². The molecule has 28 heavy (non-hydrogen) atoms. The van der Waals surface area contributed by atoms with Crippen molar-refractivity contribution in [3.8, 4) is 0 Å². The van der Waals surface area contributed by atoms with Gasteiger partial charge in [-0.15, -0.1) is 11.3 Å². The number of amides is 1. The van der Waals surface area contributed by atoms with Gasteiger partial charge < -0.3 is 4.74 Å². The van der Waals surface area contributed by atoms with E-state index in [0.29, 0.717) is 28.1 Å². The molecule has 1 amide bonds. The summed E-state index contributed by atoms with van der Waals surface area (Å²) in [5, 5.41) is 6.70. The molecule has 148 valence electrons. The third kappa shape index (κ3) is 4.18. The number of hydrogen-bond donors (Lipinski definition) is 1. The zero-order valence-corrected chi connectivity index (χ0v) is 17.5. The Morgan fingerprint density at radius 1 is 1.39 bits per heavy atom. The van der Waals surface area contributed by atoms with Crippen molar-refractivity contribution < 1.29 is 14.4 Å². The largest absolute Gasteiger partial charge is 0.350 e. The quantitative estimate of drug-likeness (QED) is 0.571. The lowest BCUT2D eigenvalue weighted by Gasteiger charge is -2.21. The zero-order valence-electron chi connectivity index (χ0n) is 15.2. The predicted octanol–water partition coefficient (Wildman–Crippen LogP) is 4.95. The zero-order chi connectivity index (χ0) is 19.7. The van der Waals surface area contributed by atoms with Crippen LogP contribution in [0.15, 0.2) is 24.3 Å². The Labute approximate surface area is 176 Å². The van der Waals surface area contributed by atoms with Crippen LogP contribution in [-0.2, 0) is 16.1 Å². The van der Waals surface area contributed by atoms with Crippen LogP contribution in [0.1, 0.15) is 40.2 Å². The number of carbonyl (C=O) groups is 1. The molecule has 3 heterocycles. The normalized spacial score (nSPS) is 17.2. The van der Waals surface area contributed by atoms with E-state index in [0.717, 1.165) is 40.7 Å². The topological polar surface area (TPSA) is 65.4 Å². The summed E-state index contributed by atoms with van der Waals surface area (Å²) in [5.41, 5.74) is 4.27. The molecule has 1 aliphatic rings. The summed E-state index contributed by atoms with van der Waals surface area (Å²) in [4.78, 5) is 19.3. The van der Waals surface area contributed by atoms with Gasteiger partial charge in [-0.3, -0.25) is 9.48 Å². The SMILES string of the molecule is Cc1nn(Cc2ccc(Cl)cc2Cl)c2sc(C(=O)NOC3CCCCO3)cc12. The molecule has 0 spiro atoms. The van der Waals surface area contributed by atoms with Crippen LogP contribution in [-0.4, -0.2) is 28.6 Å². The van der Waals surface area contributed by atoms with Crippen molar-refractivity contribution in [2.75, 3.05) is 6.61 Å². The summed E-state index contributed by atoms with van der Waals surface area (Å²) in [6, 6.07) is 7.23. The van der Waals surface area contributed by atoms with Crippen LogP contribution in [0.5, 0.6) is 0 Å². The van der Waals surface area contributed by atoms with Crippen LogP contribution >= 0.6 is 34.5 Å². The molecule has 4 rings (SSSR count). The van der Waals surface area contributed by atoms with Crippen molar-refractivity contribution in [1.29, 1.82) is 0 Å². The molecule has 0 radical (unpaired) electrons. The minimum absolute atomic E-state index is 0.286. The fourth-order valence-corrected chi connectivity index (χ4v) is 4.63. The third-order valence-electron chi connectivity index (χ3n) is 4.59. The van der Waals surface area contributed by atoms with Crippen molar-refractivity contribution >= 4 is 50.7 Å². The monoisotopic (exact) mass is 439 g/mol. The lowest BCUT2D eigenvalue weighted by Crippen LogP contribution is -2.32. The second-order valence-corrected chi connectivity index (χ2v) is 8.53. The molecule has 1 N–H and O–H groups in total. The Bertz CT molecular complexity index is 1010. The Morgan fingerprint density at radius 2 is 2.25 bits per heavy atom. The fraction of sp³-hybridized carbons (Fsp3) is 0.368. The van der Waals surface area contributed by atoms with Crippen LogP contribution in [0, 0.1) is 6.92 Å². The second kappa shape index (κ2) is 8.39. The molecular formula is C19H19Cl2N3O3S. The number of hydroxylamine groups is 1. The van der Waals surface area contributed by atoms with Crippen molar-refractivity contribution in [2.24, 2.45) is 0 Å². The van der Waals surface area contributed by atoms with E-state index in [-0.39, 0.29) is 12.2 Å². The number of aromatic nitrogens is 2. The van der Waals surface area contributed by atoms with E-state index in [2.05, 4.69) is 10.6 Å². The smallest absolute Gasteiger partial charge is 0.285 e. The second-order valence-electron chi connectivity index (χ2n) is 6.65. The van der Waals surface area contributed by atoms with Crippen LogP contribution in [0.25, 0.3) is 10.2 Å². The highest BCUT2D eigenvalue weighted by Crippen LogP contribution is 2.30. The van der Waals surface area contributed by atoms with E-state index in [4.69, 9.17) is 32.8 Å². The first-order chi connectivity index (χ1) is 13.5. The van der Waals surface area contributed by atoms with E-state index in [1.165, 1.54) is 11.3 Å². The summed E-state index contributed by atoms with van der Waals surface area (Å²) in [6.45, 7) is 3.07. The fourth-order valence-electron chi connectivity index (χ4n) is 3.12. The van der Waals surface area contributed by atoms with Gasteiger partial charge in [0.1, 0.15) is 4.83 Å². The van der Waals surface area contributed by atoms with E-state index in [1.54, 1.807) is 12.1 Å². The first-order valence-electron chi connectivity index (χ1n) is 9.00. The lowest BCUT2D eigenvalue weighted by atomic mass is 10.2. The Kier molecular flexibility index (Phi) is 5.89. The summed E-state index contributed by atoms with van der Waals surface area (Å²) in [6.07, 6.45) is 2.46. The molecule has 1 saturated heterocycles. The number of nitrogens with zero attached hydrogens (tertiary/aromatic N) is 2. The molecule has 1 fully saturated rings. The summed E-state index contributed by atoms with van der Waals surface area (Å²) in [7, 11) is 0. The number of hydrogen-bond acceptors (Lipinski definition) is 5. The van der Waals surface area contributed by atoms with Gasteiger partial charge in [0, 0.05) is 28.5 Å². The van der Waals surface area contributed by atoms with E-state index in [9.17, 15) is 4.79 Å². The summed E-state index contributed by atoms with van der Waals surface area (Å²) >= 11 is 13.6. The van der Waals surface area contributed by atoms with Gasteiger partial charge in [0.2, 0.25) is 0 Å². The van der Waals surface area contributed by atoms with Gasteiger partial charge in [0.25, 0.3) is 5.91 Å². The average molecular weight is 440 g/mol. The number of thiophene rings is 1. The van der Waals surface area contributed by atoms with Gasteiger partial charge in [0.05, 0.1) is 17.1 Å². The molecule has 6 nitrogen and oxygen atoms in total. The molecule has 0 saturated carbocycles. The number of ether oxygens (including phenoxy) is 1. The maximum atomic E-state index is 12.5. The van der Waals surface area contributed by atoms with Gasteiger partial charge in [0.15, 0.2) is 6.29 Å². The minimum Gasteiger partial charge on any atom is -0.350 e. The van der Waals surface area contributed by atoms with Crippen molar-refractivity contribution in [3.63, 3.8) is 0 Å². The predicted molar refractivity (Wildman–Crippen MR) is 110 cm³/mol. The molecule has 0 aliphatic carbocycles.